The summed E-state index contributed by atoms with van der Waals surface area (Å²) in [7, 11) is 0. The largest absolute Gasteiger partial charge is 0.466 e. The van der Waals surface area contributed by atoms with E-state index < -0.39 is 0 Å². The molecule has 1 heterocycles. The van der Waals surface area contributed by atoms with Gasteiger partial charge in [0.2, 0.25) is 5.91 Å². The molecule has 1 aromatic carbocycles. The van der Waals surface area contributed by atoms with Crippen molar-refractivity contribution < 1.29 is 9.21 Å². The van der Waals surface area contributed by atoms with Crippen molar-refractivity contribution in [1.29, 1.82) is 0 Å². The number of thioether (sulfide) groups is 1. The van der Waals surface area contributed by atoms with Crippen molar-refractivity contribution in [2.75, 3.05) is 5.75 Å². The van der Waals surface area contributed by atoms with Crippen LogP contribution in [0.4, 0.5) is 0 Å². The fourth-order valence-electron chi connectivity index (χ4n) is 1.96. The summed E-state index contributed by atoms with van der Waals surface area (Å²) in [5.41, 5.74) is 1.03. The Bertz CT molecular complexity index is 624. The molecule has 0 aliphatic carbocycles. The van der Waals surface area contributed by atoms with E-state index in [1.807, 2.05) is 44.2 Å². The van der Waals surface area contributed by atoms with E-state index in [9.17, 15) is 4.79 Å². The number of nitrogens with one attached hydrogen (secondary N) is 1. The highest BCUT2D eigenvalue weighted by Crippen LogP contribution is 2.26. The first kappa shape index (κ1) is 16.0. The summed E-state index contributed by atoms with van der Waals surface area (Å²) in [6.07, 6.45) is 0.464. The molecule has 112 valence electrons. The van der Waals surface area contributed by atoms with Crippen LogP contribution in [0.15, 0.2) is 39.6 Å². The van der Waals surface area contributed by atoms with Crippen molar-refractivity contribution in [3.8, 4) is 0 Å². The van der Waals surface area contributed by atoms with Gasteiger partial charge in [0, 0.05) is 29.2 Å². The third kappa shape index (κ3) is 4.83. The number of benzene rings is 1. The van der Waals surface area contributed by atoms with Crippen LogP contribution in [-0.2, 0) is 11.3 Å². The van der Waals surface area contributed by atoms with Crippen LogP contribution in [-0.4, -0.2) is 11.7 Å². The second kappa shape index (κ2) is 7.57. The van der Waals surface area contributed by atoms with Gasteiger partial charge >= 0.3 is 0 Å². The van der Waals surface area contributed by atoms with Gasteiger partial charge in [0.25, 0.3) is 0 Å². The first-order valence-electron chi connectivity index (χ1n) is 6.76. The van der Waals surface area contributed by atoms with Gasteiger partial charge in [-0.15, -0.1) is 11.8 Å². The van der Waals surface area contributed by atoms with Gasteiger partial charge in [0.15, 0.2) is 0 Å². The molecule has 0 saturated heterocycles. The van der Waals surface area contributed by atoms with Crippen molar-refractivity contribution in [3.05, 3.63) is 52.4 Å². The second-order valence-electron chi connectivity index (χ2n) is 4.74. The number of aryl methyl sites for hydroxylation is 2. The number of amides is 1. The molecule has 0 unspecified atom stereocenters. The first-order chi connectivity index (χ1) is 10.1. The molecule has 21 heavy (non-hydrogen) atoms. The summed E-state index contributed by atoms with van der Waals surface area (Å²) < 4.78 is 5.43. The number of hydrogen-bond donors (Lipinski definition) is 1. The molecule has 5 heteroatoms. The van der Waals surface area contributed by atoms with Crippen LogP contribution in [0.25, 0.3) is 0 Å². The van der Waals surface area contributed by atoms with E-state index >= 15 is 0 Å². The number of rotatable bonds is 6. The fourth-order valence-corrected chi connectivity index (χ4v) is 3.14. The molecule has 1 amide bonds. The maximum absolute atomic E-state index is 11.8. The minimum atomic E-state index is 0.0350. The van der Waals surface area contributed by atoms with Crippen molar-refractivity contribution in [2.45, 2.75) is 31.7 Å². The topological polar surface area (TPSA) is 42.2 Å². The lowest BCUT2D eigenvalue weighted by Crippen LogP contribution is -2.23. The Morgan fingerprint density at radius 2 is 2.10 bits per heavy atom. The molecule has 0 aliphatic heterocycles. The smallest absolute Gasteiger partial charge is 0.221 e. The standard InChI is InChI=1S/C16H18ClNO2S/c1-11-9-13(12(2)20-11)10-18-16(19)7-8-21-15-6-4-3-5-14(15)17/h3-6,9H,7-8,10H2,1-2H3,(H,18,19). The quantitative estimate of drug-likeness (QED) is 0.804. The Hall–Kier alpha value is -1.39. The van der Waals surface area contributed by atoms with E-state index in [0.717, 1.165) is 27.0 Å². The van der Waals surface area contributed by atoms with E-state index in [-0.39, 0.29) is 5.91 Å². The molecule has 3 nitrogen and oxygen atoms in total. The molecule has 0 saturated carbocycles. The van der Waals surface area contributed by atoms with Crippen LogP contribution in [0.1, 0.15) is 23.5 Å². The average molecular weight is 324 g/mol. The molecule has 1 aromatic heterocycles. The normalized spacial score (nSPS) is 10.6. The Morgan fingerprint density at radius 1 is 1.33 bits per heavy atom. The highest BCUT2D eigenvalue weighted by molar-refractivity contribution is 7.99. The maximum atomic E-state index is 11.8. The number of furan rings is 1. The van der Waals surface area contributed by atoms with Gasteiger partial charge in [-0.3, -0.25) is 4.79 Å². The van der Waals surface area contributed by atoms with E-state index in [0.29, 0.717) is 18.7 Å². The van der Waals surface area contributed by atoms with Crippen molar-refractivity contribution in [1.82, 2.24) is 5.32 Å². The van der Waals surface area contributed by atoms with E-state index in [2.05, 4.69) is 5.32 Å². The highest BCUT2D eigenvalue weighted by atomic mass is 35.5. The summed E-state index contributed by atoms with van der Waals surface area (Å²) in [6.45, 7) is 4.32. The molecule has 2 rings (SSSR count). The van der Waals surface area contributed by atoms with Crippen molar-refractivity contribution >= 4 is 29.3 Å². The van der Waals surface area contributed by atoms with Crippen LogP contribution >= 0.6 is 23.4 Å². The first-order valence-corrected chi connectivity index (χ1v) is 8.12. The van der Waals surface area contributed by atoms with Gasteiger partial charge in [0.1, 0.15) is 11.5 Å². The monoisotopic (exact) mass is 323 g/mol. The third-order valence-corrected chi connectivity index (χ3v) is 4.56. The Morgan fingerprint density at radius 3 is 2.76 bits per heavy atom. The third-order valence-electron chi connectivity index (χ3n) is 3.04. The Labute approximate surface area is 134 Å². The average Bonchev–Trinajstić information content (AvgIpc) is 2.77. The molecule has 1 N–H and O–H groups in total. The summed E-state index contributed by atoms with van der Waals surface area (Å²) in [6, 6.07) is 9.61. The zero-order valence-electron chi connectivity index (χ0n) is 12.1. The van der Waals surface area contributed by atoms with Gasteiger partial charge in [-0.25, -0.2) is 0 Å². The lowest BCUT2D eigenvalue weighted by molar-refractivity contribution is -0.120. The van der Waals surface area contributed by atoms with E-state index in [4.69, 9.17) is 16.0 Å². The molecule has 0 aliphatic rings. The molecule has 0 spiro atoms. The lowest BCUT2D eigenvalue weighted by atomic mass is 10.2. The summed E-state index contributed by atoms with van der Waals surface area (Å²) in [5.74, 6) is 2.47. The Balaban J connectivity index is 1.73. The van der Waals surface area contributed by atoms with Gasteiger partial charge in [-0.2, -0.15) is 0 Å². The van der Waals surface area contributed by atoms with E-state index in [1.165, 1.54) is 0 Å². The predicted octanol–water partition coefficient (Wildman–Crippen LogP) is 4.35. The molecule has 2 aromatic rings. The number of carbonyl (C=O) groups is 1. The van der Waals surface area contributed by atoms with Crippen LogP contribution in [0, 0.1) is 13.8 Å². The van der Waals surface area contributed by atoms with Crippen molar-refractivity contribution in [3.63, 3.8) is 0 Å². The van der Waals surface area contributed by atoms with Crippen LogP contribution in [0.2, 0.25) is 5.02 Å². The molecule has 0 radical (unpaired) electrons. The number of carbonyl (C=O) groups excluding carboxylic acids is 1. The number of halogens is 1. The highest BCUT2D eigenvalue weighted by Gasteiger charge is 2.07. The number of hydrogen-bond acceptors (Lipinski definition) is 3. The van der Waals surface area contributed by atoms with Crippen molar-refractivity contribution in [2.24, 2.45) is 0 Å². The predicted molar refractivity (Wildman–Crippen MR) is 86.8 cm³/mol. The SMILES string of the molecule is Cc1cc(CNC(=O)CCSc2ccccc2Cl)c(C)o1. The molecule has 0 atom stereocenters. The zero-order chi connectivity index (χ0) is 15.2. The Kier molecular flexibility index (Phi) is 5.76. The summed E-state index contributed by atoms with van der Waals surface area (Å²) in [5, 5.41) is 3.64. The molecular formula is C16H18ClNO2S. The van der Waals surface area contributed by atoms with E-state index in [1.54, 1.807) is 11.8 Å². The van der Waals surface area contributed by atoms with Crippen LogP contribution in [0.3, 0.4) is 0 Å². The van der Waals surface area contributed by atoms with Crippen LogP contribution < -0.4 is 5.32 Å². The summed E-state index contributed by atoms with van der Waals surface area (Å²) >= 11 is 7.66. The molecular weight excluding hydrogens is 306 g/mol. The van der Waals surface area contributed by atoms with Gasteiger partial charge < -0.3 is 9.73 Å². The summed E-state index contributed by atoms with van der Waals surface area (Å²) in [4.78, 5) is 12.8. The van der Waals surface area contributed by atoms with Gasteiger partial charge in [-0.1, -0.05) is 23.7 Å². The molecule has 0 bridgehead atoms. The minimum Gasteiger partial charge on any atom is -0.466 e. The van der Waals surface area contributed by atoms with Gasteiger partial charge in [-0.05, 0) is 32.0 Å². The maximum Gasteiger partial charge on any atom is 0.221 e. The van der Waals surface area contributed by atoms with Crippen LogP contribution in [0.5, 0.6) is 0 Å². The lowest BCUT2D eigenvalue weighted by Gasteiger charge is -2.05. The minimum absolute atomic E-state index is 0.0350. The second-order valence-corrected chi connectivity index (χ2v) is 6.29. The van der Waals surface area contributed by atoms with Gasteiger partial charge in [0.05, 0.1) is 5.02 Å². The zero-order valence-corrected chi connectivity index (χ0v) is 13.7. The molecule has 0 fully saturated rings. The fraction of sp³-hybridized carbons (Fsp3) is 0.312.